The van der Waals surface area contributed by atoms with E-state index in [2.05, 4.69) is 45.7 Å². The summed E-state index contributed by atoms with van der Waals surface area (Å²) in [5.41, 5.74) is 5.91. The largest absolute Gasteiger partial charge is 0.506 e. The lowest BCUT2D eigenvalue weighted by atomic mass is 10.1. The minimum absolute atomic E-state index is 0.103. The highest BCUT2D eigenvalue weighted by molar-refractivity contribution is 5.83. The number of aromatic nitrogens is 3. The van der Waals surface area contributed by atoms with E-state index < -0.39 is 0 Å². The van der Waals surface area contributed by atoms with Crippen LogP contribution in [-0.2, 0) is 16.0 Å². The summed E-state index contributed by atoms with van der Waals surface area (Å²) in [7, 11) is 0. The van der Waals surface area contributed by atoms with Gasteiger partial charge in [-0.25, -0.2) is 4.98 Å². The van der Waals surface area contributed by atoms with Crippen LogP contribution in [0.1, 0.15) is 42.3 Å². The van der Waals surface area contributed by atoms with Crippen LogP contribution in [0.4, 0.5) is 5.95 Å². The maximum Gasteiger partial charge on any atom is 0.223 e. The van der Waals surface area contributed by atoms with Gasteiger partial charge in [-0.3, -0.25) is 9.88 Å². The fourth-order valence-corrected chi connectivity index (χ4v) is 4.74. The zero-order valence-electron chi connectivity index (χ0n) is 19.1. The first-order valence-electron chi connectivity index (χ1n) is 11.3. The summed E-state index contributed by atoms with van der Waals surface area (Å²) in [4.78, 5) is 11.8. The van der Waals surface area contributed by atoms with Crippen LogP contribution in [0.3, 0.4) is 0 Å². The van der Waals surface area contributed by atoms with E-state index in [1.165, 1.54) is 5.56 Å². The van der Waals surface area contributed by atoms with Crippen molar-refractivity contribution in [2.45, 2.75) is 65.8 Å². The molecule has 2 fully saturated rings. The molecule has 5 rings (SSSR count). The Hall–Kier alpha value is -2.68. The number of nitrogens with zero attached hydrogens (tertiary/aromatic N) is 4. The SMILES string of the molecule is Cc1cc(C)c2c(c1)nc(NC1CCN(C3OC(C)O3)CC1)n2Cc1nc(C)ccc1O. The van der Waals surface area contributed by atoms with Gasteiger partial charge in [0.2, 0.25) is 12.4 Å². The van der Waals surface area contributed by atoms with Gasteiger partial charge in [-0.2, -0.15) is 0 Å². The lowest BCUT2D eigenvalue weighted by Gasteiger charge is -2.43. The minimum Gasteiger partial charge on any atom is -0.506 e. The number of ether oxygens (including phenoxy) is 2. The van der Waals surface area contributed by atoms with Crippen LogP contribution in [0.25, 0.3) is 11.0 Å². The molecule has 2 aromatic heterocycles. The van der Waals surface area contributed by atoms with Crippen molar-refractivity contribution in [3.63, 3.8) is 0 Å². The molecule has 0 amide bonds. The van der Waals surface area contributed by atoms with E-state index in [1.54, 1.807) is 6.07 Å². The van der Waals surface area contributed by atoms with Gasteiger partial charge in [0.15, 0.2) is 6.29 Å². The van der Waals surface area contributed by atoms with E-state index >= 15 is 0 Å². The van der Waals surface area contributed by atoms with E-state index in [1.807, 2.05) is 19.9 Å². The van der Waals surface area contributed by atoms with Crippen molar-refractivity contribution in [1.82, 2.24) is 19.4 Å². The van der Waals surface area contributed by atoms with Gasteiger partial charge in [0.1, 0.15) is 11.4 Å². The van der Waals surface area contributed by atoms with E-state index in [4.69, 9.17) is 14.5 Å². The second-order valence-corrected chi connectivity index (χ2v) is 8.99. The number of hydrogen-bond donors (Lipinski definition) is 2. The molecule has 0 radical (unpaired) electrons. The standard InChI is InChI=1S/C24H31N5O3/c1-14-11-15(2)22-19(12-14)27-23(29(22)13-20-21(30)6-5-16(3)25-20)26-18-7-9-28(10-8-18)24-31-17(4)32-24/h5-6,11-12,17-18,24,30H,7-10,13H2,1-4H3,(H,26,27). The molecule has 0 aliphatic carbocycles. The monoisotopic (exact) mass is 437 g/mol. The highest BCUT2D eigenvalue weighted by atomic mass is 16.9. The Balaban J connectivity index is 1.41. The molecule has 8 heteroatoms. The van der Waals surface area contributed by atoms with Crippen molar-refractivity contribution >= 4 is 17.0 Å². The summed E-state index contributed by atoms with van der Waals surface area (Å²) in [6, 6.07) is 8.12. The summed E-state index contributed by atoms with van der Waals surface area (Å²) in [5, 5.41) is 14.1. The Bertz CT molecular complexity index is 1130. The second-order valence-electron chi connectivity index (χ2n) is 8.99. The smallest absolute Gasteiger partial charge is 0.223 e. The van der Waals surface area contributed by atoms with Gasteiger partial charge in [0, 0.05) is 24.8 Å². The molecule has 4 heterocycles. The molecule has 0 atom stereocenters. The van der Waals surface area contributed by atoms with Crippen molar-refractivity contribution in [2.24, 2.45) is 0 Å². The summed E-state index contributed by atoms with van der Waals surface area (Å²) >= 11 is 0. The average molecular weight is 438 g/mol. The first-order valence-corrected chi connectivity index (χ1v) is 11.3. The molecule has 3 aromatic rings. The third-order valence-corrected chi connectivity index (χ3v) is 6.35. The van der Waals surface area contributed by atoms with Crippen molar-refractivity contribution < 1.29 is 14.6 Å². The van der Waals surface area contributed by atoms with Gasteiger partial charge in [-0.1, -0.05) is 6.07 Å². The third kappa shape index (κ3) is 4.05. The lowest BCUT2D eigenvalue weighted by molar-refractivity contribution is -0.423. The Morgan fingerprint density at radius 3 is 2.56 bits per heavy atom. The zero-order valence-corrected chi connectivity index (χ0v) is 19.1. The summed E-state index contributed by atoms with van der Waals surface area (Å²) in [5.74, 6) is 1.02. The highest BCUT2D eigenvalue weighted by Gasteiger charge is 2.35. The molecular weight excluding hydrogens is 406 g/mol. The number of aryl methyl sites for hydroxylation is 3. The highest BCUT2D eigenvalue weighted by Crippen LogP contribution is 2.29. The molecule has 32 heavy (non-hydrogen) atoms. The lowest BCUT2D eigenvalue weighted by Crippen LogP contribution is -2.54. The molecule has 1 aromatic carbocycles. The zero-order chi connectivity index (χ0) is 22.4. The number of benzene rings is 1. The van der Waals surface area contributed by atoms with E-state index in [9.17, 15) is 5.11 Å². The van der Waals surface area contributed by atoms with Crippen LogP contribution in [0.5, 0.6) is 5.75 Å². The quantitative estimate of drug-likeness (QED) is 0.630. The number of anilines is 1. The van der Waals surface area contributed by atoms with Crippen LogP contribution in [0.2, 0.25) is 0 Å². The van der Waals surface area contributed by atoms with Crippen molar-refractivity contribution in [3.8, 4) is 5.75 Å². The van der Waals surface area contributed by atoms with Crippen LogP contribution >= 0.6 is 0 Å². The number of aromatic hydroxyl groups is 1. The number of rotatable bonds is 5. The Labute approximate surface area is 188 Å². The molecule has 2 N–H and O–H groups in total. The number of fused-ring (bicyclic) bond motifs is 1. The number of likely N-dealkylation sites (tertiary alicyclic amines) is 1. The summed E-state index contributed by atoms with van der Waals surface area (Å²) < 4.78 is 13.4. The van der Waals surface area contributed by atoms with E-state index in [0.29, 0.717) is 18.3 Å². The maximum atomic E-state index is 10.4. The van der Waals surface area contributed by atoms with E-state index in [-0.39, 0.29) is 18.5 Å². The molecule has 0 saturated carbocycles. The number of nitrogens with one attached hydrogen (secondary N) is 1. The topological polar surface area (TPSA) is 84.7 Å². The molecule has 0 spiro atoms. The average Bonchev–Trinajstić information content (AvgIpc) is 3.06. The Morgan fingerprint density at radius 1 is 1.09 bits per heavy atom. The molecule has 2 aliphatic rings. The molecule has 2 saturated heterocycles. The van der Waals surface area contributed by atoms with Crippen LogP contribution in [0, 0.1) is 20.8 Å². The van der Waals surface area contributed by atoms with Gasteiger partial charge in [0.05, 0.1) is 17.6 Å². The molecule has 0 unspecified atom stereocenters. The third-order valence-electron chi connectivity index (χ3n) is 6.35. The van der Waals surface area contributed by atoms with Crippen molar-refractivity contribution in [1.29, 1.82) is 0 Å². The Kier molecular flexibility index (Phi) is 5.53. The van der Waals surface area contributed by atoms with Crippen LogP contribution < -0.4 is 5.32 Å². The fourth-order valence-electron chi connectivity index (χ4n) is 4.74. The molecule has 170 valence electrons. The van der Waals surface area contributed by atoms with Crippen LogP contribution in [0.15, 0.2) is 24.3 Å². The first-order chi connectivity index (χ1) is 15.4. The number of imidazole rings is 1. The maximum absolute atomic E-state index is 10.4. The Morgan fingerprint density at radius 2 is 1.84 bits per heavy atom. The van der Waals surface area contributed by atoms with Crippen molar-refractivity contribution in [3.05, 3.63) is 46.8 Å². The number of hydrogen-bond acceptors (Lipinski definition) is 7. The predicted octanol–water partition coefficient (Wildman–Crippen LogP) is 3.66. The molecule has 8 nitrogen and oxygen atoms in total. The summed E-state index contributed by atoms with van der Waals surface area (Å²) in [6.45, 7) is 10.3. The van der Waals surface area contributed by atoms with E-state index in [0.717, 1.165) is 54.2 Å². The summed E-state index contributed by atoms with van der Waals surface area (Å²) in [6.07, 6.45) is 1.66. The van der Waals surface area contributed by atoms with Gasteiger partial charge < -0.3 is 24.5 Å². The molecule has 0 bridgehead atoms. The fraction of sp³-hybridized carbons (Fsp3) is 0.500. The van der Waals surface area contributed by atoms with Crippen molar-refractivity contribution in [2.75, 3.05) is 18.4 Å². The molecule has 2 aliphatic heterocycles. The van der Waals surface area contributed by atoms with Gasteiger partial charge >= 0.3 is 0 Å². The van der Waals surface area contributed by atoms with Gasteiger partial charge in [-0.15, -0.1) is 0 Å². The second kappa shape index (κ2) is 8.35. The first kappa shape index (κ1) is 21.2. The normalized spacial score (nSPS) is 22.2. The predicted molar refractivity (Wildman–Crippen MR) is 123 cm³/mol. The number of piperidine rings is 1. The van der Waals surface area contributed by atoms with Gasteiger partial charge in [0.25, 0.3) is 0 Å². The van der Waals surface area contributed by atoms with Gasteiger partial charge in [-0.05, 0) is 69.9 Å². The number of pyridine rings is 1. The van der Waals surface area contributed by atoms with Crippen LogP contribution in [-0.4, -0.2) is 56.4 Å². The molecular formula is C24H31N5O3. The minimum atomic E-state index is -0.198.